The van der Waals surface area contributed by atoms with Crippen LogP contribution >= 0.6 is 22.8 Å². The van der Waals surface area contributed by atoms with Crippen LogP contribution in [0.2, 0.25) is 0 Å². The normalized spacial score (nSPS) is 22.3. The minimum Gasteiger partial charge on any atom is -0.317 e. The predicted octanol–water partition coefficient (Wildman–Crippen LogP) is 9.23. The maximum absolute atomic E-state index is 12.9. The van der Waals surface area contributed by atoms with Gasteiger partial charge in [-0.1, -0.05) is 13.8 Å². The summed E-state index contributed by atoms with van der Waals surface area (Å²) in [5.41, 5.74) is -1.65. The van der Waals surface area contributed by atoms with Crippen LogP contribution in [0.1, 0.15) is 13.8 Å². The zero-order chi connectivity index (χ0) is 30.8. The van der Waals surface area contributed by atoms with E-state index in [2.05, 4.69) is 36.2 Å². The van der Waals surface area contributed by atoms with Gasteiger partial charge in [0.05, 0.1) is 0 Å². The molecule has 0 saturated heterocycles. The summed E-state index contributed by atoms with van der Waals surface area (Å²) in [6.07, 6.45) is -27.1. The van der Waals surface area contributed by atoms with Crippen LogP contribution in [0.5, 0.6) is 0 Å². The average molecular weight is 673 g/mol. The van der Waals surface area contributed by atoms with Gasteiger partial charge in [-0.2, -0.15) is 74.9 Å². The Labute approximate surface area is 209 Å². The lowest BCUT2D eigenvalue weighted by Crippen LogP contribution is -2.23. The minimum atomic E-state index is -5.79. The fraction of sp³-hybridized carbons (Fsp3) is 1.00. The first-order chi connectivity index (χ1) is 17.1. The predicted molar refractivity (Wildman–Crippen MR) is 103 cm³/mol. The Hall–Kier alpha value is -0.560. The maximum Gasteiger partial charge on any atom is 0.412 e. The van der Waals surface area contributed by atoms with Gasteiger partial charge in [-0.3, -0.25) is 18.1 Å². The van der Waals surface area contributed by atoms with Crippen LogP contribution in [0.4, 0.5) is 65.9 Å². The standard InChI is InChI=1S/C13H17F15N3O5P3/c1-8(2)37(32-3-9(14,15)16)29-38(33-4-10(17,18)19,34-5-11(20,21)22)31-39(30-37,35-6-12(23,24)25)36-7-13(26,27)28/h8H,3-7H2,1-2H3. The summed E-state index contributed by atoms with van der Waals surface area (Å²) in [6, 6.07) is 0. The van der Waals surface area contributed by atoms with Gasteiger partial charge in [0, 0.05) is 5.66 Å². The van der Waals surface area contributed by atoms with E-state index in [0.717, 1.165) is 13.8 Å². The molecule has 0 spiro atoms. The summed E-state index contributed by atoms with van der Waals surface area (Å²) in [4.78, 5) is 0. The third-order valence-corrected chi connectivity index (χ3v) is 12.8. The van der Waals surface area contributed by atoms with Crippen LogP contribution < -0.4 is 0 Å². The molecule has 0 N–H and O–H groups in total. The van der Waals surface area contributed by atoms with Crippen molar-refractivity contribution in [2.45, 2.75) is 50.4 Å². The second-order valence-corrected chi connectivity index (χ2v) is 15.0. The first kappa shape index (κ1) is 36.5. The molecule has 39 heavy (non-hydrogen) atoms. The summed E-state index contributed by atoms with van der Waals surface area (Å²) in [5, 5.41) is 0. The smallest absolute Gasteiger partial charge is 0.317 e. The number of alkyl halides is 15. The van der Waals surface area contributed by atoms with Gasteiger partial charge in [-0.25, -0.2) is 0 Å². The Bertz CT molecular complexity index is 917. The zero-order valence-electron chi connectivity index (χ0n) is 19.0. The molecule has 0 aromatic carbocycles. The van der Waals surface area contributed by atoms with Crippen LogP contribution in [0.3, 0.4) is 0 Å². The van der Waals surface area contributed by atoms with E-state index in [1.54, 1.807) is 0 Å². The van der Waals surface area contributed by atoms with Crippen LogP contribution in [0, 0.1) is 0 Å². The van der Waals surface area contributed by atoms with Crippen molar-refractivity contribution in [2.75, 3.05) is 33.0 Å². The summed E-state index contributed by atoms with van der Waals surface area (Å²) in [7, 11) is -16.6. The van der Waals surface area contributed by atoms with Crippen LogP contribution in [0.25, 0.3) is 0 Å². The molecular formula is C13H17F15N3O5P3. The molecule has 1 aliphatic rings. The SMILES string of the molecule is CC(C)P1(OCC(F)(F)F)=NP(OCC(F)(F)F)(OCC(F)(F)F)=NP(OCC(F)(F)F)(OCC(F)(F)F)=N1. The molecule has 0 saturated carbocycles. The van der Waals surface area contributed by atoms with Gasteiger partial charge in [0.25, 0.3) is 0 Å². The summed E-state index contributed by atoms with van der Waals surface area (Å²) in [6.45, 7) is -11.1. The molecule has 0 aromatic heterocycles. The fourth-order valence-corrected chi connectivity index (χ4v) is 12.9. The van der Waals surface area contributed by atoms with E-state index in [9.17, 15) is 65.9 Å². The Morgan fingerprint density at radius 2 is 0.692 bits per heavy atom. The number of nitrogens with zero attached hydrogens (tertiary/aromatic N) is 3. The minimum absolute atomic E-state index is 0.854. The molecule has 0 aliphatic carbocycles. The quantitative estimate of drug-likeness (QED) is 0.161. The Balaban J connectivity index is 4.11. The van der Waals surface area contributed by atoms with E-state index in [1.165, 1.54) is 0 Å². The summed E-state index contributed by atoms with van der Waals surface area (Å²) in [5.74, 6) is 0. The lowest BCUT2D eigenvalue weighted by Gasteiger charge is -2.36. The lowest BCUT2D eigenvalue weighted by molar-refractivity contribution is -0.163. The number of hydrogen-bond acceptors (Lipinski definition) is 8. The molecule has 8 nitrogen and oxygen atoms in total. The second kappa shape index (κ2) is 12.4. The highest BCUT2D eigenvalue weighted by Crippen LogP contribution is 2.81. The van der Waals surface area contributed by atoms with Gasteiger partial charge in [0.15, 0.2) is 33.0 Å². The lowest BCUT2D eigenvalue weighted by atomic mass is 10.6. The van der Waals surface area contributed by atoms with E-state index in [1.807, 2.05) is 0 Å². The number of rotatable bonds is 11. The first-order valence-corrected chi connectivity index (χ1v) is 14.3. The molecule has 0 radical (unpaired) electrons. The maximum atomic E-state index is 12.9. The molecule has 26 heteroatoms. The van der Waals surface area contributed by atoms with Gasteiger partial charge in [-0.05, 0) is 0 Å². The molecule has 0 amide bonds. The van der Waals surface area contributed by atoms with Crippen LogP contribution in [0.15, 0.2) is 13.5 Å². The van der Waals surface area contributed by atoms with Crippen molar-refractivity contribution >= 4 is 22.8 Å². The molecule has 1 atom stereocenters. The van der Waals surface area contributed by atoms with Crippen molar-refractivity contribution in [3.05, 3.63) is 0 Å². The molecule has 1 unspecified atom stereocenters. The molecule has 0 fully saturated rings. The van der Waals surface area contributed by atoms with E-state index in [4.69, 9.17) is 0 Å². The highest BCUT2D eigenvalue weighted by atomic mass is 31.3. The topological polar surface area (TPSA) is 83.2 Å². The van der Waals surface area contributed by atoms with Crippen LogP contribution in [-0.2, 0) is 22.6 Å². The third-order valence-electron chi connectivity index (χ3n) is 3.38. The Morgan fingerprint density at radius 3 is 0.949 bits per heavy atom. The van der Waals surface area contributed by atoms with E-state index >= 15 is 0 Å². The van der Waals surface area contributed by atoms with E-state index < -0.39 is 92.3 Å². The molecule has 1 heterocycles. The molecule has 1 aliphatic heterocycles. The van der Waals surface area contributed by atoms with Gasteiger partial charge < -0.3 is 4.52 Å². The van der Waals surface area contributed by atoms with Crippen molar-refractivity contribution in [2.24, 2.45) is 13.5 Å². The average Bonchev–Trinajstić information content (AvgIpc) is 2.70. The third kappa shape index (κ3) is 13.8. The van der Waals surface area contributed by atoms with Crippen molar-refractivity contribution in [1.29, 1.82) is 0 Å². The Kier molecular flexibility index (Phi) is 11.6. The highest BCUT2D eigenvalue weighted by Gasteiger charge is 2.49. The van der Waals surface area contributed by atoms with Gasteiger partial charge >= 0.3 is 46.2 Å². The molecule has 234 valence electrons. The van der Waals surface area contributed by atoms with Crippen molar-refractivity contribution < 1.29 is 88.5 Å². The molecule has 0 bridgehead atoms. The zero-order valence-corrected chi connectivity index (χ0v) is 21.7. The van der Waals surface area contributed by atoms with E-state index in [-0.39, 0.29) is 0 Å². The molecular weight excluding hydrogens is 656 g/mol. The van der Waals surface area contributed by atoms with Gasteiger partial charge in [0.1, 0.15) is 0 Å². The largest absolute Gasteiger partial charge is 0.412 e. The number of halogens is 15. The first-order valence-electron chi connectivity index (χ1n) is 9.57. The monoisotopic (exact) mass is 673 g/mol. The second-order valence-electron chi connectivity index (χ2n) is 7.38. The van der Waals surface area contributed by atoms with Crippen molar-refractivity contribution in [3.63, 3.8) is 0 Å². The summed E-state index contributed by atoms with van der Waals surface area (Å²) < 4.78 is 224. The molecule has 0 aromatic rings. The van der Waals surface area contributed by atoms with Gasteiger partial charge in [-0.15, -0.1) is 4.52 Å². The summed E-state index contributed by atoms with van der Waals surface area (Å²) >= 11 is 0. The van der Waals surface area contributed by atoms with Crippen LogP contribution in [-0.4, -0.2) is 69.6 Å². The van der Waals surface area contributed by atoms with Crippen molar-refractivity contribution in [1.82, 2.24) is 0 Å². The van der Waals surface area contributed by atoms with E-state index in [0.29, 0.717) is 0 Å². The molecule has 1 rings (SSSR count). The highest BCUT2D eigenvalue weighted by molar-refractivity contribution is 7.80. The Morgan fingerprint density at radius 1 is 0.436 bits per heavy atom. The van der Waals surface area contributed by atoms with Crippen molar-refractivity contribution in [3.8, 4) is 0 Å². The number of hydrogen-bond donors (Lipinski definition) is 0. The van der Waals surface area contributed by atoms with Gasteiger partial charge in [0.2, 0.25) is 7.43 Å². The fourth-order valence-electron chi connectivity index (χ4n) is 2.01.